The zero-order valence-corrected chi connectivity index (χ0v) is 18.2. The van der Waals surface area contributed by atoms with Crippen LogP contribution < -0.4 is 10.1 Å². The van der Waals surface area contributed by atoms with Crippen LogP contribution in [-0.4, -0.2) is 47.0 Å². The molecule has 0 saturated carbocycles. The van der Waals surface area contributed by atoms with E-state index in [0.717, 1.165) is 34.4 Å². The number of phenolic OH excluding ortho intramolecular Hbond substituents is 1. The van der Waals surface area contributed by atoms with E-state index in [1.54, 1.807) is 0 Å². The van der Waals surface area contributed by atoms with Gasteiger partial charge in [0.15, 0.2) is 0 Å². The van der Waals surface area contributed by atoms with Gasteiger partial charge in [0.2, 0.25) is 0 Å². The fourth-order valence-electron chi connectivity index (χ4n) is 4.13. The summed E-state index contributed by atoms with van der Waals surface area (Å²) >= 11 is 0. The second kappa shape index (κ2) is 9.85. The van der Waals surface area contributed by atoms with Crippen molar-refractivity contribution in [3.8, 4) is 22.6 Å². The van der Waals surface area contributed by atoms with Crippen molar-refractivity contribution in [2.24, 2.45) is 0 Å². The minimum absolute atomic E-state index is 0.0555. The number of aliphatic hydroxyl groups is 2. The lowest BCUT2D eigenvalue weighted by Crippen LogP contribution is -2.36. The molecule has 184 valence electrons. The first-order valence-electron chi connectivity index (χ1n) is 10.7. The number of aromatic hydroxyl groups is 1. The average molecular weight is 489 g/mol. The van der Waals surface area contributed by atoms with Crippen LogP contribution in [0.15, 0.2) is 66.7 Å². The average Bonchev–Trinajstić information content (AvgIpc) is 3.13. The smallest absolute Gasteiger partial charge is 0.507 e. The number of phenols is 1. The molecular formula is C25H22F3NO6. The number of alkyl halides is 3. The molecule has 1 amide bonds. The Kier molecular flexibility index (Phi) is 6.86. The zero-order valence-electron chi connectivity index (χ0n) is 18.2. The van der Waals surface area contributed by atoms with Gasteiger partial charge in [-0.05, 0) is 34.4 Å². The quantitative estimate of drug-likeness (QED) is 0.396. The summed E-state index contributed by atoms with van der Waals surface area (Å²) in [5.41, 5.74) is 3.97. The van der Waals surface area contributed by atoms with Crippen molar-refractivity contribution in [3.63, 3.8) is 0 Å². The molecule has 0 bridgehead atoms. The molecule has 0 aliphatic heterocycles. The van der Waals surface area contributed by atoms with E-state index in [9.17, 15) is 33.3 Å². The molecule has 3 aromatic carbocycles. The summed E-state index contributed by atoms with van der Waals surface area (Å²) in [5.74, 6) is -1.55. The number of halogens is 3. The maximum absolute atomic E-state index is 12.3. The molecule has 7 nitrogen and oxygen atoms in total. The van der Waals surface area contributed by atoms with E-state index in [1.807, 2.05) is 48.5 Å². The van der Waals surface area contributed by atoms with Gasteiger partial charge in [-0.2, -0.15) is 0 Å². The Balaban J connectivity index is 1.32. The summed E-state index contributed by atoms with van der Waals surface area (Å²) in [4.78, 5) is 12.2. The molecule has 0 heterocycles. The molecule has 2 atom stereocenters. The maximum atomic E-state index is 12.3. The largest absolute Gasteiger partial charge is 0.573 e. The summed E-state index contributed by atoms with van der Waals surface area (Å²) in [6, 6.07) is 18.2. The number of benzene rings is 3. The molecular weight excluding hydrogens is 467 g/mol. The third kappa shape index (κ3) is 5.50. The summed E-state index contributed by atoms with van der Waals surface area (Å²) in [5, 5.41) is 32.7. The number of ether oxygens (including phenoxy) is 2. The summed E-state index contributed by atoms with van der Waals surface area (Å²) in [6.45, 7) is -0.377. The SMILES string of the molecule is O=C(NCC(O)C(O)c1ccc(OC(F)(F)F)cc1O)OCC1c2ccccc2-c2ccccc21. The second-order valence-electron chi connectivity index (χ2n) is 7.99. The van der Waals surface area contributed by atoms with E-state index >= 15 is 0 Å². The van der Waals surface area contributed by atoms with Crippen molar-refractivity contribution in [2.45, 2.75) is 24.5 Å². The molecule has 3 aromatic rings. The molecule has 4 N–H and O–H groups in total. The minimum atomic E-state index is -4.95. The highest BCUT2D eigenvalue weighted by Gasteiger charge is 2.32. The van der Waals surface area contributed by atoms with Crippen molar-refractivity contribution in [3.05, 3.63) is 83.4 Å². The van der Waals surface area contributed by atoms with Crippen LogP contribution in [-0.2, 0) is 4.74 Å². The number of hydrogen-bond donors (Lipinski definition) is 4. The van der Waals surface area contributed by atoms with Crippen LogP contribution in [0.3, 0.4) is 0 Å². The van der Waals surface area contributed by atoms with Crippen LogP contribution in [0.5, 0.6) is 11.5 Å². The number of rotatable bonds is 7. The molecule has 2 unspecified atom stereocenters. The molecule has 10 heteroatoms. The molecule has 0 saturated heterocycles. The first-order valence-corrected chi connectivity index (χ1v) is 10.7. The van der Waals surface area contributed by atoms with Crippen molar-refractivity contribution in [1.29, 1.82) is 0 Å². The van der Waals surface area contributed by atoms with Crippen molar-refractivity contribution >= 4 is 6.09 Å². The third-order valence-corrected chi connectivity index (χ3v) is 5.72. The van der Waals surface area contributed by atoms with E-state index in [1.165, 1.54) is 0 Å². The lowest BCUT2D eigenvalue weighted by Gasteiger charge is -2.20. The number of carbonyl (C=O) groups excluding carboxylic acids is 1. The van der Waals surface area contributed by atoms with E-state index < -0.39 is 42.7 Å². The van der Waals surface area contributed by atoms with Crippen molar-refractivity contribution in [2.75, 3.05) is 13.2 Å². The van der Waals surface area contributed by atoms with Crippen molar-refractivity contribution in [1.82, 2.24) is 5.32 Å². The van der Waals surface area contributed by atoms with Gasteiger partial charge in [0, 0.05) is 24.1 Å². The predicted molar refractivity (Wildman–Crippen MR) is 119 cm³/mol. The number of fused-ring (bicyclic) bond motifs is 3. The van der Waals surface area contributed by atoms with Crippen LogP contribution in [0.25, 0.3) is 11.1 Å². The fraction of sp³-hybridized carbons (Fsp3) is 0.240. The highest BCUT2D eigenvalue weighted by atomic mass is 19.4. The maximum Gasteiger partial charge on any atom is 0.573 e. The lowest BCUT2D eigenvalue weighted by molar-refractivity contribution is -0.274. The second-order valence-corrected chi connectivity index (χ2v) is 7.99. The Labute approximate surface area is 198 Å². The Morgan fingerprint density at radius 2 is 1.57 bits per heavy atom. The molecule has 0 spiro atoms. The van der Waals surface area contributed by atoms with Crippen LogP contribution in [0.4, 0.5) is 18.0 Å². The number of amides is 1. The van der Waals surface area contributed by atoms with Gasteiger partial charge < -0.3 is 30.1 Å². The van der Waals surface area contributed by atoms with Gasteiger partial charge in [-0.3, -0.25) is 0 Å². The number of alkyl carbamates (subject to hydrolysis) is 1. The van der Waals surface area contributed by atoms with Gasteiger partial charge in [0.25, 0.3) is 0 Å². The first-order chi connectivity index (χ1) is 16.6. The van der Waals surface area contributed by atoms with E-state index in [4.69, 9.17) is 4.74 Å². The Bertz CT molecular complexity index is 1170. The van der Waals surface area contributed by atoms with Gasteiger partial charge in [-0.1, -0.05) is 48.5 Å². The number of aliphatic hydroxyl groups excluding tert-OH is 2. The number of nitrogens with one attached hydrogen (secondary N) is 1. The molecule has 4 rings (SSSR count). The van der Waals surface area contributed by atoms with Gasteiger partial charge in [0.05, 0.1) is 0 Å². The van der Waals surface area contributed by atoms with Crippen LogP contribution >= 0.6 is 0 Å². The zero-order chi connectivity index (χ0) is 25.2. The lowest BCUT2D eigenvalue weighted by atomic mass is 9.98. The summed E-state index contributed by atoms with van der Waals surface area (Å²) < 4.78 is 45.9. The topological polar surface area (TPSA) is 108 Å². The predicted octanol–water partition coefficient (Wildman–Crippen LogP) is 4.22. The molecule has 0 fully saturated rings. The van der Waals surface area contributed by atoms with Crippen LogP contribution in [0, 0.1) is 0 Å². The van der Waals surface area contributed by atoms with E-state index in [-0.39, 0.29) is 18.1 Å². The standard InChI is InChI=1S/C25H22F3NO6/c26-25(27,28)35-14-9-10-19(21(30)11-14)23(32)22(31)12-29-24(33)34-13-20-17-7-3-1-5-15(17)16-6-2-4-8-18(16)20/h1-11,20,22-23,30-32H,12-13H2,(H,29,33). The molecule has 0 aromatic heterocycles. The highest BCUT2D eigenvalue weighted by molar-refractivity contribution is 5.79. The highest BCUT2D eigenvalue weighted by Crippen LogP contribution is 2.44. The van der Waals surface area contributed by atoms with Gasteiger partial charge in [-0.25, -0.2) is 4.79 Å². The van der Waals surface area contributed by atoms with Gasteiger partial charge in [0.1, 0.15) is 30.3 Å². The van der Waals surface area contributed by atoms with Crippen molar-refractivity contribution < 1.29 is 42.8 Å². The Morgan fingerprint density at radius 3 is 2.14 bits per heavy atom. The number of hydrogen-bond acceptors (Lipinski definition) is 6. The van der Waals surface area contributed by atoms with Crippen LogP contribution in [0.2, 0.25) is 0 Å². The molecule has 1 aliphatic rings. The fourth-order valence-corrected chi connectivity index (χ4v) is 4.13. The summed E-state index contributed by atoms with van der Waals surface area (Å²) in [7, 11) is 0. The third-order valence-electron chi connectivity index (χ3n) is 5.72. The summed E-state index contributed by atoms with van der Waals surface area (Å²) in [6.07, 6.45) is -9.03. The van der Waals surface area contributed by atoms with Gasteiger partial charge in [-0.15, -0.1) is 13.2 Å². The monoisotopic (exact) mass is 489 g/mol. The first kappa shape index (κ1) is 24.4. The molecule has 0 radical (unpaired) electrons. The van der Waals surface area contributed by atoms with Crippen LogP contribution in [0.1, 0.15) is 28.7 Å². The Hall–Kier alpha value is -3.76. The Morgan fingerprint density at radius 1 is 0.971 bits per heavy atom. The molecule has 1 aliphatic carbocycles. The minimum Gasteiger partial charge on any atom is -0.507 e. The van der Waals surface area contributed by atoms with Gasteiger partial charge >= 0.3 is 12.5 Å². The molecule has 35 heavy (non-hydrogen) atoms. The van der Waals surface area contributed by atoms with E-state index in [0.29, 0.717) is 6.07 Å². The number of carbonyl (C=O) groups is 1. The van der Waals surface area contributed by atoms with E-state index in [2.05, 4.69) is 10.1 Å². The normalized spacial score (nSPS) is 14.5.